The molecule has 0 saturated carbocycles. The minimum atomic E-state index is 0.800. The molecule has 2 saturated heterocycles. The Hall–Kier alpha value is 0.270. The molecule has 0 aromatic heterocycles. The fraction of sp³-hybridized carbons (Fsp3) is 1.00. The summed E-state index contributed by atoms with van der Waals surface area (Å²) >= 11 is 2.15. The summed E-state index contributed by atoms with van der Waals surface area (Å²) in [7, 11) is 0. The highest BCUT2D eigenvalue weighted by atomic mass is 32.2. The van der Waals surface area contributed by atoms with Gasteiger partial charge in [-0.25, -0.2) is 0 Å². The quantitative estimate of drug-likeness (QED) is 0.818. The van der Waals surface area contributed by atoms with Crippen LogP contribution in [-0.4, -0.2) is 47.6 Å². The zero-order chi connectivity index (χ0) is 11.4. The van der Waals surface area contributed by atoms with E-state index in [9.17, 15) is 0 Å². The lowest BCUT2D eigenvalue weighted by molar-refractivity contribution is 0.244. The molecule has 2 aliphatic heterocycles. The van der Waals surface area contributed by atoms with E-state index in [1.165, 1.54) is 51.9 Å². The van der Waals surface area contributed by atoms with Crippen molar-refractivity contribution in [1.29, 1.82) is 0 Å². The van der Waals surface area contributed by atoms with E-state index in [1.807, 2.05) is 0 Å². The van der Waals surface area contributed by atoms with Gasteiger partial charge >= 0.3 is 0 Å². The summed E-state index contributed by atoms with van der Waals surface area (Å²) in [4.78, 5) is 2.67. The number of nitrogens with one attached hydrogen (secondary N) is 1. The van der Waals surface area contributed by atoms with E-state index in [0.29, 0.717) is 0 Å². The van der Waals surface area contributed by atoms with Crippen LogP contribution in [0.3, 0.4) is 0 Å². The van der Waals surface area contributed by atoms with Crippen LogP contribution in [-0.2, 0) is 0 Å². The maximum atomic E-state index is 3.65. The molecule has 2 rings (SSSR count). The predicted octanol–water partition coefficient (Wildman–Crippen LogP) is 2.34. The smallest absolute Gasteiger partial charge is 0.0149 e. The Morgan fingerprint density at radius 3 is 2.56 bits per heavy atom. The van der Waals surface area contributed by atoms with Crippen LogP contribution in [0.5, 0.6) is 0 Å². The third kappa shape index (κ3) is 3.94. The molecule has 3 heteroatoms. The minimum absolute atomic E-state index is 0.800. The van der Waals surface area contributed by atoms with Crippen molar-refractivity contribution in [1.82, 2.24) is 10.2 Å². The van der Waals surface area contributed by atoms with Crippen LogP contribution in [0.15, 0.2) is 0 Å². The molecular formula is C13H26N2S. The highest BCUT2D eigenvalue weighted by Gasteiger charge is 2.22. The number of piperidine rings is 1. The molecule has 0 bridgehead atoms. The first-order valence-electron chi connectivity index (χ1n) is 6.85. The molecule has 0 spiro atoms. The third-order valence-electron chi connectivity index (χ3n) is 3.70. The van der Waals surface area contributed by atoms with Crippen LogP contribution in [0.25, 0.3) is 0 Å². The van der Waals surface area contributed by atoms with Gasteiger partial charge in [0.25, 0.3) is 0 Å². The average molecular weight is 242 g/mol. The number of hydrogen-bond acceptors (Lipinski definition) is 3. The van der Waals surface area contributed by atoms with Gasteiger partial charge in [0.2, 0.25) is 0 Å². The lowest BCUT2D eigenvalue weighted by Gasteiger charge is -2.35. The number of thioether (sulfide) groups is 1. The summed E-state index contributed by atoms with van der Waals surface area (Å²) in [6, 6.07) is 0.800. The standard InChI is InChI=1S/C13H26N2S/c1-11-9-15(10-12(2)16-11)8-6-13-5-3-4-7-14-13/h11-14H,3-10H2,1-2H3. The van der Waals surface area contributed by atoms with Gasteiger partial charge in [-0.3, -0.25) is 0 Å². The van der Waals surface area contributed by atoms with Crippen molar-refractivity contribution in [2.75, 3.05) is 26.2 Å². The maximum absolute atomic E-state index is 3.65. The Balaban J connectivity index is 1.68. The molecule has 0 aliphatic carbocycles. The molecule has 2 aliphatic rings. The van der Waals surface area contributed by atoms with Crippen LogP contribution in [0.1, 0.15) is 39.5 Å². The van der Waals surface area contributed by atoms with Crippen molar-refractivity contribution in [3.8, 4) is 0 Å². The fourth-order valence-corrected chi connectivity index (χ4v) is 4.36. The van der Waals surface area contributed by atoms with Crippen LogP contribution in [0.2, 0.25) is 0 Å². The van der Waals surface area contributed by atoms with E-state index in [0.717, 1.165) is 16.5 Å². The summed E-state index contributed by atoms with van der Waals surface area (Å²) in [5, 5.41) is 5.29. The van der Waals surface area contributed by atoms with E-state index < -0.39 is 0 Å². The van der Waals surface area contributed by atoms with Crippen molar-refractivity contribution in [2.45, 2.75) is 56.1 Å². The summed E-state index contributed by atoms with van der Waals surface area (Å²) in [6.07, 6.45) is 5.56. The topological polar surface area (TPSA) is 15.3 Å². The SMILES string of the molecule is CC1CN(CCC2CCCCN2)CC(C)S1. The predicted molar refractivity (Wildman–Crippen MR) is 73.2 cm³/mol. The second kappa shape index (κ2) is 6.27. The molecule has 0 radical (unpaired) electrons. The van der Waals surface area contributed by atoms with Crippen LogP contribution in [0, 0.1) is 0 Å². The second-order valence-electron chi connectivity index (χ2n) is 5.45. The number of nitrogens with zero attached hydrogens (tertiary/aromatic N) is 1. The van der Waals surface area contributed by atoms with Crippen LogP contribution < -0.4 is 5.32 Å². The molecule has 0 aromatic carbocycles. The van der Waals surface area contributed by atoms with Crippen molar-refractivity contribution >= 4 is 11.8 Å². The summed E-state index contributed by atoms with van der Waals surface area (Å²) < 4.78 is 0. The molecule has 0 aromatic rings. The van der Waals surface area contributed by atoms with Crippen molar-refractivity contribution in [2.24, 2.45) is 0 Å². The molecule has 1 N–H and O–H groups in total. The van der Waals surface area contributed by atoms with Crippen molar-refractivity contribution in [3.05, 3.63) is 0 Å². The second-order valence-corrected chi connectivity index (χ2v) is 7.33. The number of rotatable bonds is 3. The van der Waals surface area contributed by atoms with E-state index in [4.69, 9.17) is 0 Å². The first-order valence-corrected chi connectivity index (χ1v) is 7.79. The Kier molecular flexibility index (Phi) is 4.98. The Morgan fingerprint density at radius 2 is 1.94 bits per heavy atom. The van der Waals surface area contributed by atoms with Gasteiger partial charge < -0.3 is 10.2 Å². The molecule has 2 heterocycles. The summed E-state index contributed by atoms with van der Waals surface area (Å²) in [5.41, 5.74) is 0. The van der Waals surface area contributed by atoms with E-state index in [2.05, 4.69) is 35.8 Å². The van der Waals surface area contributed by atoms with E-state index in [1.54, 1.807) is 0 Å². The van der Waals surface area contributed by atoms with Gasteiger partial charge in [-0.05, 0) is 32.4 Å². The summed E-state index contributed by atoms with van der Waals surface area (Å²) in [6.45, 7) is 9.86. The molecule has 94 valence electrons. The monoisotopic (exact) mass is 242 g/mol. The van der Waals surface area contributed by atoms with Crippen molar-refractivity contribution in [3.63, 3.8) is 0 Å². The number of hydrogen-bond donors (Lipinski definition) is 1. The largest absolute Gasteiger partial charge is 0.314 e. The first kappa shape index (κ1) is 12.7. The summed E-state index contributed by atoms with van der Waals surface area (Å²) in [5.74, 6) is 0. The van der Waals surface area contributed by atoms with Crippen molar-refractivity contribution < 1.29 is 0 Å². The van der Waals surface area contributed by atoms with Gasteiger partial charge in [0.1, 0.15) is 0 Å². The molecule has 2 fully saturated rings. The lowest BCUT2D eigenvalue weighted by Crippen LogP contribution is -2.43. The van der Waals surface area contributed by atoms with Gasteiger partial charge in [0.15, 0.2) is 0 Å². The van der Waals surface area contributed by atoms with Gasteiger partial charge in [-0.15, -0.1) is 0 Å². The average Bonchev–Trinajstić information content (AvgIpc) is 2.27. The molecule has 3 unspecified atom stereocenters. The molecule has 16 heavy (non-hydrogen) atoms. The fourth-order valence-electron chi connectivity index (χ4n) is 2.98. The normalized spacial score (nSPS) is 37.5. The Bertz CT molecular complexity index is 194. The maximum Gasteiger partial charge on any atom is 0.0149 e. The molecule has 2 nitrogen and oxygen atoms in total. The first-order chi connectivity index (χ1) is 7.74. The lowest BCUT2D eigenvalue weighted by atomic mass is 10.0. The van der Waals surface area contributed by atoms with Gasteiger partial charge in [-0.1, -0.05) is 20.3 Å². The van der Waals surface area contributed by atoms with E-state index >= 15 is 0 Å². The minimum Gasteiger partial charge on any atom is -0.314 e. The third-order valence-corrected chi connectivity index (χ3v) is 4.93. The van der Waals surface area contributed by atoms with Crippen LogP contribution >= 0.6 is 11.8 Å². The van der Waals surface area contributed by atoms with Gasteiger partial charge in [0, 0.05) is 29.6 Å². The molecule has 0 amide bonds. The Morgan fingerprint density at radius 1 is 1.19 bits per heavy atom. The molecule has 3 atom stereocenters. The van der Waals surface area contributed by atoms with Gasteiger partial charge in [-0.2, -0.15) is 11.8 Å². The zero-order valence-electron chi connectivity index (χ0n) is 10.7. The van der Waals surface area contributed by atoms with E-state index in [-0.39, 0.29) is 0 Å². The highest BCUT2D eigenvalue weighted by molar-refractivity contribution is 8.00. The van der Waals surface area contributed by atoms with Crippen LogP contribution in [0.4, 0.5) is 0 Å². The molecular weight excluding hydrogens is 216 g/mol. The Labute approximate surface area is 105 Å². The zero-order valence-corrected chi connectivity index (χ0v) is 11.6. The van der Waals surface area contributed by atoms with Gasteiger partial charge in [0.05, 0.1) is 0 Å². The highest BCUT2D eigenvalue weighted by Crippen LogP contribution is 2.25.